The van der Waals surface area contributed by atoms with E-state index in [-0.39, 0.29) is 17.4 Å². The van der Waals surface area contributed by atoms with Crippen LogP contribution in [-0.4, -0.2) is 39.9 Å². The predicted octanol–water partition coefficient (Wildman–Crippen LogP) is 3.47. The van der Waals surface area contributed by atoms with Crippen molar-refractivity contribution in [2.24, 2.45) is 11.8 Å². The summed E-state index contributed by atoms with van der Waals surface area (Å²) in [6.45, 7) is 5.80. The maximum atomic E-state index is 12.8. The third-order valence-electron chi connectivity index (χ3n) is 4.93. The molecule has 3 rings (SSSR count). The average Bonchev–Trinajstić information content (AvgIpc) is 2.68. The van der Waals surface area contributed by atoms with Gasteiger partial charge in [0, 0.05) is 24.6 Å². The second-order valence-electron chi connectivity index (χ2n) is 7.49. The Balaban J connectivity index is 1.58. The second-order valence-corrected chi connectivity index (χ2v) is 7.49. The number of hydrogen-bond donors (Lipinski definition) is 1. The smallest absolute Gasteiger partial charge is 0.356 e. The Hall–Kier alpha value is -2.76. The fourth-order valence-corrected chi connectivity index (χ4v) is 3.48. The van der Waals surface area contributed by atoms with Gasteiger partial charge in [-0.3, -0.25) is 4.79 Å². The normalized spacial score (nSPS) is 15.1. The van der Waals surface area contributed by atoms with E-state index in [2.05, 4.69) is 35.9 Å². The van der Waals surface area contributed by atoms with Crippen molar-refractivity contribution < 1.29 is 14.7 Å². The lowest BCUT2D eigenvalue weighted by Gasteiger charge is -2.32. The Morgan fingerprint density at radius 1 is 1.11 bits per heavy atom. The van der Waals surface area contributed by atoms with Crippen molar-refractivity contribution >= 4 is 17.6 Å². The number of ketones is 1. The van der Waals surface area contributed by atoms with Gasteiger partial charge in [0.1, 0.15) is 5.82 Å². The molecule has 0 aliphatic carbocycles. The highest BCUT2D eigenvalue weighted by atomic mass is 16.4. The molecule has 1 aliphatic heterocycles. The summed E-state index contributed by atoms with van der Waals surface area (Å²) in [7, 11) is 0. The zero-order valence-electron chi connectivity index (χ0n) is 15.8. The number of carboxylic acids is 1. The molecule has 1 fully saturated rings. The zero-order chi connectivity index (χ0) is 19.4. The Morgan fingerprint density at radius 2 is 1.78 bits per heavy atom. The van der Waals surface area contributed by atoms with Gasteiger partial charge in [-0.2, -0.15) is 0 Å². The Labute approximate surface area is 159 Å². The molecule has 0 radical (unpaired) electrons. The highest BCUT2D eigenvalue weighted by Crippen LogP contribution is 2.25. The van der Waals surface area contributed by atoms with E-state index in [1.165, 1.54) is 18.0 Å². The van der Waals surface area contributed by atoms with Gasteiger partial charge in [-0.15, -0.1) is 0 Å². The van der Waals surface area contributed by atoms with Gasteiger partial charge in [-0.05, 0) is 30.7 Å². The minimum atomic E-state index is -1.09. The third kappa shape index (κ3) is 4.70. The van der Waals surface area contributed by atoms with E-state index in [1.807, 2.05) is 17.0 Å². The summed E-state index contributed by atoms with van der Waals surface area (Å²) in [5.41, 5.74) is 1.98. The van der Waals surface area contributed by atoms with Crippen molar-refractivity contribution in [2.75, 3.05) is 18.0 Å². The molecule has 6 heteroatoms. The minimum Gasteiger partial charge on any atom is -0.476 e. The van der Waals surface area contributed by atoms with Crippen LogP contribution in [0.3, 0.4) is 0 Å². The van der Waals surface area contributed by atoms with Crippen molar-refractivity contribution in [2.45, 2.75) is 33.1 Å². The number of Topliss-reactive ketones (excluding diaryl/α,β-unsaturated/α-hetero) is 1. The monoisotopic (exact) mass is 367 g/mol. The van der Waals surface area contributed by atoms with E-state index in [0.29, 0.717) is 24.8 Å². The number of carbonyl (C=O) groups is 2. The van der Waals surface area contributed by atoms with Crippen LogP contribution < -0.4 is 4.90 Å². The molecule has 0 spiro atoms. The number of benzene rings is 1. The molecule has 1 N–H and O–H groups in total. The van der Waals surface area contributed by atoms with E-state index < -0.39 is 5.97 Å². The molecule has 142 valence electrons. The number of hydrogen-bond acceptors (Lipinski definition) is 5. The van der Waals surface area contributed by atoms with Gasteiger partial charge in [0.25, 0.3) is 0 Å². The number of aromatic nitrogens is 2. The molecule has 1 saturated heterocycles. The number of rotatable bonds is 6. The second kappa shape index (κ2) is 8.29. The van der Waals surface area contributed by atoms with Crippen LogP contribution in [0.2, 0.25) is 0 Å². The molecule has 0 atom stereocenters. The van der Waals surface area contributed by atoms with Crippen LogP contribution >= 0.6 is 0 Å². The standard InChI is InChI=1S/C21H25N3O3/c1-14(2)11-15-3-5-16(6-4-15)20(25)17-7-9-24(10-8-17)19-13-22-18(12-23-19)21(26)27/h3-6,12-14,17H,7-11H2,1-2H3,(H,26,27). The number of nitrogens with zero attached hydrogens (tertiary/aromatic N) is 3. The lowest BCUT2D eigenvalue weighted by atomic mass is 9.88. The van der Waals surface area contributed by atoms with Crippen LogP contribution in [0.5, 0.6) is 0 Å². The number of aromatic carboxylic acids is 1. The van der Waals surface area contributed by atoms with Gasteiger partial charge in [0.05, 0.1) is 12.4 Å². The van der Waals surface area contributed by atoms with Crippen LogP contribution in [0.4, 0.5) is 5.82 Å². The van der Waals surface area contributed by atoms with E-state index >= 15 is 0 Å². The highest BCUT2D eigenvalue weighted by Gasteiger charge is 2.26. The molecule has 0 unspecified atom stereocenters. The molecule has 1 aliphatic rings. The largest absolute Gasteiger partial charge is 0.476 e. The molecule has 6 nitrogen and oxygen atoms in total. The fourth-order valence-electron chi connectivity index (χ4n) is 3.48. The maximum Gasteiger partial charge on any atom is 0.356 e. The van der Waals surface area contributed by atoms with Gasteiger partial charge in [0.2, 0.25) is 0 Å². The van der Waals surface area contributed by atoms with E-state index in [1.54, 1.807) is 0 Å². The minimum absolute atomic E-state index is 0.0171. The summed E-state index contributed by atoms with van der Waals surface area (Å²) < 4.78 is 0. The predicted molar refractivity (Wildman–Crippen MR) is 103 cm³/mol. The van der Waals surface area contributed by atoms with Crippen molar-refractivity contribution in [1.82, 2.24) is 9.97 Å². The summed E-state index contributed by atoms with van der Waals surface area (Å²) in [5, 5.41) is 8.90. The van der Waals surface area contributed by atoms with Gasteiger partial charge < -0.3 is 10.0 Å². The van der Waals surface area contributed by atoms with Gasteiger partial charge in [-0.1, -0.05) is 38.1 Å². The van der Waals surface area contributed by atoms with Crippen LogP contribution in [0.25, 0.3) is 0 Å². The van der Waals surface area contributed by atoms with Crippen LogP contribution in [0.15, 0.2) is 36.7 Å². The summed E-state index contributed by atoms with van der Waals surface area (Å²) in [4.78, 5) is 33.8. The first-order chi connectivity index (χ1) is 12.9. The molecule has 0 bridgehead atoms. The van der Waals surface area contributed by atoms with Gasteiger partial charge >= 0.3 is 5.97 Å². The van der Waals surface area contributed by atoms with E-state index in [4.69, 9.17) is 5.11 Å². The van der Waals surface area contributed by atoms with Crippen LogP contribution in [0.1, 0.15) is 53.1 Å². The van der Waals surface area contributed by atoms with Crippen molar-refractivity contribution in [3.8, 4) is 0 Å². The zero-order valence-corrected chi connectivity index (χ0v) is 15.8. The Bertz CT molecular complexity index is 792. The quantitative estimate of drug-likeness (QED) is 0.787. The molecule has 0 amide bonds. The first-order valence-corrected chi connectivity index (χ1v) is 9.37. The van der Waals surface area contributed by atoms with Crippen molar-refractivity contribution in [1.29, 1.82) is 0 Å². The molecular formula is C21H25N3O3. The summed E-state index contributed by atoms with van der Waals surface area (Å²) in [6, 6.07) is 8.01. The molecule has 2 heterocycles. The number of carboxylic acid groups (broad SMARTS) is 1. The first-order valence-electron chi connectivity index (χ1n) is 9.37. The third-order valence-corrected chi connectivity index (χ3v) is 4.93. The molecular weight excluding hydrogens is 342 g/mol. The highest BCUT2D eigenvalue weighted by molar-refractivity contribution is 5.98. The molecule has 0 saturated carbocycles. The first kappa shape index (κ1) is 19.0. The fraction of sp³-hybridized carbons (Fsp3) is 0.429. The summed E-state index contributed by atoms with van der Waals surface area (Å²) in [5.74, 6) is 0.395. The molecule has 1 aromatic heterocycles. The number of anilines is 1. The topological polar surface area (TPSA) is 83.4 Å². The van der Waals surface area contributed by atoms with Crippen LogP contribution in [-0.2, 0) is 6.42 Å². The Kier molecular flexibility index (Phi) is 5.84. The van der Waals surface area contributed by atoms with Crippen LogP contribution in [0, 0.1) is 11.8 Å². The van der Waals surface area contributed by atoms with E-state index in [0.717, 1.165) is 24.8 Å². The molecule has 27 heavy (non-hydrogen) atoms. The van der Waals surface area contributed by atoms with Gasteiger partial charge in [0.15, 0.2) is 11.5 Å². The lowest BCUT2D eigenvalue weighted by molar-refractivity contribution is 0.0689. The lowest BCUT2D eigenvalue weighted by Crippen LogP contribution is -2.37. The SMILES string of the molecule is CC(C)Cc1ccc(C(=O)C2CCN(c3cnc(C(=O)O)cn3)CC2)cc1. The van der Waals surface area contributed by atoms with Crippen molar-refractivity contribution in [3.05, 3.63) is 53.5 Å². The van der Waals surface area contributed by atoms with E-state index in [9.17, 15) is 9.59 Å². The number of carbonyl (C=O) groups excluding carboxylic acids is 1. The maximum absolute atomic E-state index is 12.8. The Morgan fingerprint density at radius 3 is 2.30 bits per heavy atom. The molecule has 2 aromatic rings. The summed E-state index contributed by atoms with van der Waals surface area (Å²) >= 11 is 0. The van der Waals surface area contributed by atoms with Crippen molar-refractivity contribution in [3.63, 3.8) is 0 Å². The molecule has 1 aromatic carbocycles. The average molecular weight is 367 g/mol. The number of piperidine rings is 1. The summed E-state index contributed by atoms with van der Waals surface area (Å²) in [6.07, 6.45) is 5.30. The van der Waals surface area contributed by atoms with Gasteiger partial charge in [-0.25, -0.2) is 14.8 Å².